The van der Waals surface area contributed by atoms with Crippen LogP contribution in [0.15, 0.2) is 46.9 Å². The van der Waals surface area contributed by atoms with Gasteiger partial charge in [0.25, 0.3) is 5.91 Å². The number of nitrogens with one attached hydrogen (secondary N) is 2. The zero-order valence-corrected chi connectivity index (χ0v) is 12.5. The van der Waals surface area contributed by atoms with Gasteiger partial charge in [-0.2, -0.15) is 5.10 Å². The molecule has 2 N–H and O–H groups in total. The van der Waals surface area contributed by atoms with Gasteiger partial charge in [0.1, 0.15) is 11.5 Å². The quantitative estimate of drug-likeness (QED) is 0.769. The predicted molar refractivity (Wildman–Crippen MR) is 84.8 cm³/mol. The summed E-state index contributed by atoms with van der Waals surface area (Å²) in [5, 5.41) is 9.68. The number of rotatable bonds is 4. The molecule has 0 atom stereocenters. The maximum absolute atomic E-state index is 12.2. The van der Waals surface area contributed by atoms with Crippen LogP contribution in [0.3, 0.4) is 0 Å². The molecule has 5 heteroatoms. The number of carbonyl (C=O) groups excluding carboxylic acids is 1. The Morgan fingerprint density at radius 3 is 2.64 bits per heavy atom. The molecular weight excluding hydrogens is 278 g/mol. The van der Waals surface area contributed by atoms with Gasteiger partial charge in [0.15, 0.2) is 11.5 Å². The number of H-pyrrole nitrogens is 1. The first-order valence-electron chi connectivity index (χ1n) is 7.18. The van der Waals surface area contributed by atoms with Crippen molar-refractivity contribution in [2.45, 2.75) is 20.3 Å². The topological polar surface area (TPSA) is 70.9 Å². The molecule has 0 bridgehead atoms. The number of carbonyl (C=O) groups is 1. The normalized spacial score (nSPS) is 10.6. The summed E-state index contributed by atoms with van der Waals surface area (Å²) in [5.74, 6) is 1.22. The lowest BCUT2D eigenvalue weighted by Gasteiger charge is -2.03. The van der Waals surface area contributed by atoms with E-state index in [9.17, 15) is 4.79 Å². The number of amides is 1. The van der Waals surface area contributed by atoms with Crippen molar-refractivity contribution in [1.29, 1.82) is 0 Å². The summed E-state index contributed by atoms with van der Waals surface area (Å²) in [6.07, 6.45) is 0.972. The minimum atomic E-state index is -0.255. The van der Waals surface area contributed by atoms with E-state index in [0.717, 1.165) is 17.9 Å². The molecule has 0 radical (unpaired) electrons. The fourth-order valence-electron chi connectivity index (χ4n) is 2.16. The minimum Gasteiger partial charge on any atom is -0.460 e. The molecule has 1 aromatic carbocycles. The Hall–Kier alpha value is -2.82. The van der Waals surface area contributed by atoms with Crippen molar-refractivity contribution < 1.29 is 9.21 Å². The molecule has 0 fully saturated rings. The molecule has 2 heterocycles. The van der Waals surface area contributed by atoms with E-state index in [0.29, 0.717) is 17.1 Å². The van der Waals surface area contributed by atoms with Crippen LogP contribution >= 0.6 is 0 Å². The van der Waals surface area contributed by atoms with Crippen LogP contribution in [0.1, 0.15) is 28.7 Å². The van der Waals surface area contributed by atoms with Gasteiger partial charge in [-0.25, -0.2) is 0 Å². The highest BCUT2D eigenvalue weighted by Crippen LogP contribution is 2.20. The molecule has 3 rings (SSSR count). The van der Waals surface area contributed by atoms with Gasteiger partial charge in [0.2, 0.25) is 0 Å². The molecule has 0 saturated carbocycles. The van der Waals surface area contributed by atoms with E-state index in [1.807, 2.05) is 43.3 Å². The van der Waals surface area contributed by atoms with Crippen molar-refractivity contribution in [2.75, 3.05) is 5.32 Å². The molecule has 0 saturated heterocycles. The first-order valence-corrected chi connectivity index (χ1v) is 7.18. The molecule has 0 aliphatic carbocycles. The highest BCUT2D eigenvalue weighted by atomic mass is 16.3. The Bertz CT molecular complexity index is 784. The van der Waals surface area contributed by atoms with Crippen LogP contribution in [0, 0.1) is 6.92 Å². The van der Waals surface area contributed by atoms with Crippen molar-refractivity contribution in [3.63, 3.8) is 0 Å². The van der Waals surface area contributed by atoms with Crippen molar-refractivity contribution in [3.8, 4) is 11.5 Å². The minimum absolute atomic E-state index is 0.255. The standard InChI is InChI=1S/C17H17N3O2/c1-3-12-5-7-13(8-6-12)18-17(21)15-10-14(19-20-15)16-9-4-11(2)22-16/h4-10H,3H2,1-2H3,(H,18,21)(H,19,20). The fraction of sp³-hybridized carbons (Fsp3) is 0.176. The largest absolute Gasteiger partial charge is 0.460 e. The number of aromatic nitrogens is 2. The first kappa shape index (κ1) is 14.1. The summed E-state index contributed by atoms with van der Waals surface area (Å²) in [7, 11) is 0. The van der Waals surface area contributed by atoms with Gasteiger partial charge in [-0.15, -0.1) is 0 Å². The van der Waals surface area contributed by atoms with E-state index in [4.69, 9.17) is 4.42 Å². The summed E-state index contributed by atoms with van der Waals surface area (Å²) in [6, 6.07) is 13.2. The molecule has 0 aliphatic heterocycles. The van der Waals surface area contributed by atoms with Crippen molar-refractivity contribution in [2.24, 2.45) is 0 Å². The average molecular weight is 295 g/mol. The fourth-order valence-corrected chi connectivity index (χ4v) is 2.16. The molecule has 2 aromatic heterocycles. The smallest absolute Gasteiger partial charge is 0.276 e. The van der Waals surface area contributed by atoms with Gasteiger partial charge in [-0.1, -0.05) is 19.1 Å². The molecular formula is C17H17N3O2. The van der Waals surface area contributed by atoms with Crippen LogP contribution in [0.4, 0.5) is 5.69 Å². The SMILES string of the molecule is CCc1ccc(NC(=O)c2cc(-c3ccc(C)o3)[nH]n2)cc1. The van der Waals surface area contributed by atoms with E-state index < -0.39 is 0 Å². The van der Waals surface area contributed by atoms with Crippen molar-refractivity contribution >= 4 is 11.6 Å². The van der Waals surface area contributed by atoms with E-state index in [2.05, 4.69) is 22.4 Å². The van der Waals surface area contributed by atoms with Crippen LogP contribution in [0.2, 0.25) is 0 Å². The Kier molecular flexibility index (Phi) is 3.78. The lowest BCUT2D eigenvalue weighted by Crippen LogP contribution is -2.12. The molecule has 112 valence electrons. The Morgan fingerprint density at radius 2 is 2.00 bits per heavy atom. The van der Waals surface area contributed by atoms with Gasteiger partial charge in [0.05, 0.1) is 0 Å². The van der Waals surface area contributed by atoms with Crippen LogP contribution in [-0.4, -0.2) is 16.1 Å². The number of nitrogens with zero attached hydrogens (tertiary/aromatic N) is 1. The summed E-state index contributed by atoms with van der Waals surface area (Å²) < 4.78 is 5.50. The van der Waals surface area contributed by atoms with Crippen LogP contribution in [0.5, 0.6) is 0 Å². The molecule has 1 amide bonds. The highest BCUT2D eigenvalue weighted by Gasteiger charge is 2.13. The maximum Gasteiger partial charge on any atom is 0.276 e. The zero-order chi connectivity index (χ0) is 15.5. The summed E-state index contributed by atoms with van der Waals surface area (Å²) in [4.78, 5) is 12.2. The summed E-state index contributed by atoms with van der Waals surface area (Å²) in [6.45, 7) is 3.96. The number of anilines is 1. The second-order valence-electron chi connectivity index (χ2n) is 5.08. The van der Waals surface area contributed by atoms with Crippen LogP contribution in [-0.2, 0) is 6.42 Å². The number of hydrogen-bond donors (Lipinski definition) is 2. The highest BCUT2D eigenvalue weighted by molar-refractivity contribution is 6.03. The monoisotopic (exact) mass is 295 g/mol. The third-order valence-corrected chi connectivity index (χ3v) is 3.44. The molecule has 3 aromatic rings. The Labute approximate surface area is 128 Å². The van der Waals surface area contributed by atoms with E-state index >= 15 is 0 Å². The van der Waals surface area contributed by atoms with Crippen LogP contribution in [0.25, 0.3) is 11.5 Å². The molecule has 0 unspecified atom stereocenters. The third-order valence-electron chi connectivity index (χ3n) is 3.44. The Morgan fingerprint density at radius 1 is 1.23 bits per heavy atom. The molecule has 0 spiro atoms. The number of furan rings is 1. The second-order valence-corrected chi connectivity index (χ2v) is 5.08. The second kappa shape index (κ2) is 5.89. The Balaban J connectivity index is 1.73. The third kappa shape index (κ3) is 2.93. The molecule has 22 heavy (non-hydrogen) atoms. The average Bonchev–Trinajstić information content (AvgIpc) is 3.16. The van der Waals surface area contributed by atoms with E-state index in [-0.39, 0.29) is 5.91 Å². The van der Waals surface area contributed by atoms with E-state index in [1.165, 1.54) is 5.56 Å². The van der Waals surface area contributed by atoms with Crippen molar-refractivity contribution in [3.05, 3.63) is 59.5 Å². The summed E-state index contributed by atoms with van der Waals surface area (Å²) >= 11 is 0. The number of benzene rings is 1. The summed E-state index contributed by atoms with van der Waals surface area (Å²) in [5.41, 5.74) is 2.98. The zero-order valence-electron chi connectivity index (χ0n) is 12.5. The number of aromatic amines is 1. The predicted octanol–water partition coefficient (Wildman–Crippen LogP) is 3.79. The van der Waals surface area contributed by atoms with Gasteiger partial charge >= 0.3 is 0 Å². The molecule has 5 nitrogen and oxygen atoms in total. The number of hydrogen-bond acceptors (Lipinski definition) is 3. The van der Waals surface area contributed by atoms with Crippen LogP contribution < -0.4 is 5.32 Å². The first-order chi connectivity index (χ1) is 10.7. The lowest BCUT2D eigenvalue weighted by molar-refractivity contribution is 0.102. The van der Waals surface area contributed by atoms with Gasteiger partial charge < -0.3 is 9.73 Å². The lowest BCUT2D eigenvalue weighted by atomic mass is 10.1. The maximum atomic E-state index is 12.2. The van der Waals surface area contributed by atoms with Gasteiger partial charge in [-0.05, 0) is 43.2 Å². The molecule has 0 aliphatic rings. The van der Waals surface area contributed by atoms with Gasteiger partial charge in [0, 0.05) is 11.8 Å². The number of aryl methyl sites for hydroxylation is 2. The van der Waals surface area contributed by atoms with E-state index in [1.54, 1.807) is 6.07 Å². The van der Waals surface area contributed by atoms with Crippen molar-refractivity contribution in [1.82, 2.24) is 10.2 Å². The van der Waals surface area contributed by atoms with Gasteiger partial charge in [-0.3, -0.25) is 9.89 Å².